The zero-order chi connectivity index (χ0) is 17.3. The standard InChI is InChI=1S/C12H22O11/c13-1-3-5(15)6(16)9(19)12(22-3)23-10-4(2-14)21-11(20)8(18)7(10)17/h3-20H,1-2H2/t3-,4+,5-,6-,7+,8-,9-,10-,11-,12-/m1/s1. The van der Waals surface area contributed by atoms with E-state index in [1.54, 1.807) is 0 Å². The third-order valence-electron chi connectivity index (χ3n) is 3.98. The summed E-state index contributed by atoms with van der Waals surface area (Å²) < 4.78 is 15.3. The van der Waals surface area contributed by atoms with Gasteiger partial charge in [-0.15, -0.1) is 0 Å². The summed E-state index contributed by atoms with van der Waals surface area (Å²) >= 11 is 0. The molecule has 0 aliphatic carbocycles. The lowest BCUT2D eigenvalue weighted by atomic mass is 9.97. The first-order valence-electron chi connectivity index (χ1n) is 7.08. The average molecular weight is 342 g/mol. The van der Waals surface area contributed by atoms with Gasteiger partial charge in [0.2, 0.25) is 0 Å². The van der Waals surface area contributed by atoms with Crippen molar-refractivity contribution in [3.05, 3.63) is 0 Å². The molecule has 0 amide bonds. The van der Waals surface area contributed by atoms with E-state index in [1.807, 2.05) is 0 Å². The molecule has 2 fully saturated rings. The minimum absolute atomic E-state index is 0.667. The van der Waals surface area contributed by atoms with Crippen LogP contribution in [0.15, 0.2) is 0 Å². The molecule has 23 heavy (non-hydrogen) atoms. The Morgan fingerprint density at radius 3 is 1.83 bits per heavy atom. The zero-order valence-corrected chi connectivity index (χ0v) is 12.0. The Labute approximate surface area is 130 Å². The Morgan fingerprint density at radius 1 is 0.652 bits per heavy atom. The summed E-state index contributed by atoms with van der Waals surface area (Å²) in [4.78, 5) is 0. The van der Waals surface area contributed by atoms with Crippen LogP contribution in [0.5, 0.6) is 0 Å². The maximum atomic E-state index is 9.94. The Hall–Kier alpha value is -0.440. The lowest BCUT2D eigenvalue weighted by Crippen LogP contribution is -2.64. The van der Waals surface area contributed by atoms with Crippen LogP contribution in [0.3, 0.4) is 0 Å². The SMILES string of the molecule is OC[C@@H]1O[C@@H](O)[C@H](O)[C@H](O)[C@@H]1O[C@H]1O[C@H](CO)[C@@H](O)[C@@H](O)[C@H]1O. The first-order chi connectivity index (χ1) is 10.8. The summed E-state index contributed by atoms with van der Waals surface area (Å²) in [6.07, 6.45) is -15.6. The van der Waals surface area contributed by atoms with Gasteiger partial charge in [-0.2, -0.15) is 0 Å². The van der Waals surface area contributed by atoms with Gasteiger partial charge in [-0.3, -0.25) is 0 Å². The molecular weight excluding hydrogens is 320 g/mol. The van der Waals surface area contributed by atoms with Gasteiger partial charge in [0.05, 0.1) is 13.2 Å². The highest BCUT2D eigenvalue weighted by Gasteiger charge is 2.50. The van der Waals surface area contributed by atoms with Crippen LogP contribution in [0.2, 0.25) is 0 Å². The molecule has 0 unspecified atom stereocenters. The minimum Gasteiger partial charge on any atom is -0.394 e. The van der Waals surface area contributed by atoms with Crippen LogP contribution in [-0.4, -0.2) is 115 Å². The first-order valence-corrected chi connectivity index (χ1v) is 7.08. The molecule has 11 nitrogen and oxygen atoms in total. The molecule has 0 aromatic heterocycles. The van der Waals surface area contributed by atoms with Crippen molar-refractivity contribution < 1.29 is 55.1 Å². The average Bonchev–Trinajstić information content (AvgIpc) is 2.55. The van der Waals surface area contributed by atoms with E-state index >= 15 is 0 Å². The maximum Gasteiger partial charge on any atom is 0.187 e. The number of aliphatic hydroxyl groups is 8. The van der Waals surface area contributed by atoms with E-state index in [4.69, 9.17) is 19.3 Å². The molecule has 2 saturated heterocycles. The summed E-state index contributed by atoms with van der Waals surface area (Å²) in [6.45, 7) is -1.35. The second-order valence-corrected chi connectivity index (χ2v) is 5.53. The number of rotatable bonds is 4. The predicted octanol–water partition coefficient (Wildman–Crippen LogP) is -5.40. The van der Waals surface area contributed by atoms with Gasteiger partial charge in [0.25, 0.3) is 0 Å². The second kappa shape index (κ2) is 7.63. The normalized spacial score (nSPS) is 51.7. The third-order valence-corrected chi connectivity index (χ3v) is 3.98. The van der Waals surface area contributed by atoms with Crippen molar-refractivity contribution in [1.82, 2.24) is 0 Å². The van der Waals surface area contributed by atoms with Gasteiger partial charge in [0, 0.05) is 0 Å². The molecule has 0 aromatic rings. The fourth-order valence-corrected chi connectivity index (χ4v) is 2.57. The van der Waals surface area contributed by atoms with Crippen molar-refractivity contribution in [2.45, 2.75) is 61.4 Å². The van der Waals surface area contributed by atoms with Crippen LogP contribution >= 0.6 is 0 Å². The van der Waals surface area contributed by atoms with Crippen molar-refractivity contribution in [2.24, 2.45) is 0 Å². The molecule has 11 heteroatoms. The first kappa shape index (κ1) is 18.9. The van der Waals surface area contributed by atoms with Crippen LogP contribution in [0.4, 0.5) is 0 Å². The molecule has 2 heterocycles. The topological polar surface area (TPSA) is 190 Å². The van der Waals surface area contributed by atoms with Crippen molar-refractivity contribution in [1.29, 1.82) is 0 Å². The summed E-state index contributed by atoms with van der Waals surface area (Å²) in [5.74, 6) is 0. The van der Waals surface area contributed by atoms with Crippen molar-refractivity contribution in [2.75, 3.05) is 13.2 Å². The highest BCUT2D eigenvalue weighted by molar-refractivity contribution is 4.93. The molecule has 0 radical (unpaired) electrons. The van der Waals surface area contributed by atoms with E-state index in [2.05, 4.69) is 0 Å². The molecule has 0 saturated carbocycles. The lowest BCUT2D eigenvalue weighted by Gasteiger charge is -2.45. The maximum absolute atomic E-state index is 9.94. The molecular formula is C12H22O11. The van der Waals surface area contributed by atoms with Gasteiger partial charge in [-0.05, 0) is 0 Å². The Bertz CT molecular complexity index is 378. The second-order valence-electron chi connectivity index (χ2n) is 5.53. The van der Waals surface area contributed by atoms with Crippen LogP contribution < -0.4 is 0 Å². The van der Waals surface area contributed by atoms with E-state index in [9.17, 15) is 35.7 Å². The Morgan fingerprint density at radius 2 is 1.26 bits per heavy atom. The molecule has 0 bridgehead atoms. The smallest absolute Gasteiger partial charge is 0.187 e. The predicted molar refractivity (Wildman–Crippen MR) is 68.6 cm³/mol. The Kier molecular flexibility index (Phi) is 6.27. The van der Waals surface area contributed by atoms with Crippen LogP contribution in [0.25, 0.3) is 0 Å². The Balaban J connectivity index is 2.11. The summed E-state index contributed by atoms with van der Waals surface area (Å²) in [5, 5.41) is 76.5. The summed E-state index contributed by atoms with van der Waals surface area (Å²) in [5.41, 5.74) is 0. The van der Waals surface area contributed by atoms with E-state index in [0.717, 1.165) is 0 Å². The molecule has 10 atom stereocenters. The van der Waals surface area contributed by atoms with Crippen molar-refractivity contribution >= 4 is 0 Å². The van der Waals surface area contributed by atoms with E-state index in [-0.39, 0.29) is 0 Å². The van der Waals surface area contributed by atoms with Crippen molar-refractivity contribution in [3.63, 3.8) is 0 Å². The fourth-order valence-electron chi connectivity index (χ4n) is 2.57. The molecule has 8 N–H and O–H groups in total. The van der Waals surface area contributed by atoms with Crippen molar-refractivity contribution in [3.8, 4) is 0 Å². The van der Waals surface area contributed by atoms with Gasteiger partial charge < -0.3 is 55.1 Å². The van der Waals surface area contributed by atoms with Crippen LogP contribution in [0, 0.1) is 0 Å². The number of aliphatic hydroxyl groups excluding tert-OH is 8. The zero-order valence-electron chi connectivity index (χ0n) is 12.0. The number of ether oxygens (including phenoxy) is 3. The van der Waals surface area contributed by atoms with Gasteiger partial charge in [-0.25, -0.2) is 0 Å². The molecule has 2 aliphatic heterocycles. The lowest BCUT2D eigenvalue weighted by molar-refractivity contribution is -0.355. The molecule has 0 aromatic carbocycles. The van der Waals surface area contributed by atoms with E-state index < -0.39 is 74.6 Å². The van der Waals surface area contributed by atoms with Gasteiger partial charge in [0.15, 0.2) is 12.6 Å². The fraction of sp³-hybridized carbons (Fsp3) is 1.00. The van der Waals surface area contributed by atoms with Gasteiger partial charge in [0.1, 0.15) is 48.8 Å². The van der Waals surface area contributed by atoms with E-state index in [0.29, 0.717) is 0 Å². The quantitative estimate of drug-likeness (QED) is 0.243. The largest absolute Gasteiger partial charge is 0.394 e. The summed E-state index contributed by atoms with van der Waals surface area (Å²) in [6, 6.07) is 0. The van der Waals surface area contributed by atoms with Crippen LogP contribution in [0.1, 0.15) is 0 Å². The highest BCUT2D eigenvalue weighted by atomic mass is 16.7. The number of hydrogen-bond donors (Lipinski definition) is 8. The van der Waals surface area contributed by atoms with Gasteiger partial charge >= 0.3 is 0 Å². The summed E-state index contributed by atoms with van der Waals surface area (Å²) in [7, 11) is 0. The molecule has 136 valence electrons. The number of hydrogen-bond acceptors (Lipinski definition) is 11. The highest BCUT2D eigenvalue weighted by Crippen LogP contribution is 2.28. The van der Waals surface area contributed by atoms with Gasteiger partial charge in [-0.1, -0.05) is 0 Å². The molecule has 0 spiro atoms. The monoisotopic (exact) mass is 342 g/mol. The van der Waals surface area contributed by atoms with Crippen LogP contribution in [-0.2, 0) is 14.2 Å². The third kappa shape index (κ3) is 3.65. The minimum atomic E-state index is -1.74. The molecule has 2 rings (SSSR count). The van der Waals surface area contributed by atoms with E-state index in [1.165, 1.54) is 0 Å². The molecule has 2 aliphatic rings.